The molecule has 0 bridgehead atoms. The Labute approximate surface area is 132 Å². The zero-order valence-corrected chi connectivity index (χ0v) is 12.8. The van der Waals surface area contributed by atoms with E-state index in [1.165, 1.54) is 17.6 Å². The van der Waals surface area contributed by atoms with Gasteiger partial charge in [0.25, 0.3) is 0 Å². The lowest BCUT2D eigenvalue weighted by Gasteiger charge is -2.01. The molecule has 1 aromatic heterocycles. The molecule has 0 saturated heterocycles. The van der Waals surface area contributed by atoms with E-state index in [1.54, 1.807) is 24.3 Å². The number of carbonyl (C=O) groups is 1. The predicted molar refractivity (Wildman–Crippen MR) is 83.8 cm³/mol. The van der Waals surface area contributed by atoms with E-state index in [2.05, 4.69) is 15.5 Å². The molecule has 2 rings (SSSR count). The highest BCUT2D eigenvalue weighted by Crippen LogP contribution is 2.11. The fraction of sp³-hybridized carbons (Fsp3) is 0.200. The number of thiazole rings is 1. The van der Waals surface area contributed by atoms with Crippen LogP contribution in [0.3, 0.4) is 0 Å². The maximum atomic E-state index is 11.7. The van der Waals surface area contributed by atoms with Crippen LogP contribution in [0.4, 0.5) is 0 Å². The molecule has 0 fully saturated rings. The molecule has 0 aliphatic heterocycles. The summed E-state index contributed by atoms with van der Waals surface area (Å²) in [6, 6.07) is 8.94. The number of carbonyl (C=O) groups excluding carboxylic acids is 1. The smallest absolute Gasteiger partial charge is 0.246 e. The van der Waals surface area contributed by atoms with Gasteiger partial charge in [-0.25, -0.2) is 10.4 Å². The maximum Gasteiger partial charge on any atom is 0.246 e. The molecule has 7 heteroatoms. The summed E-state index contributed by atoms with van der Waals surface area (Å²) in [5.41, 5.74) is 4.02. The van der Waals surface area contributed by atoms with Gasteiger partial charge in [-0.15, -0.1) is 11.3 Å². The van der Waals surface area contributed by atoms with Gasteiger partial charge in [-0.05, 0) is 36.8 Å². The lowest BCUT2D eigenvalue weighted by Crippen LogP contribution is -2.19. The van der Waals surface area contributed by atoms with E-state index in [-0.39, 0.29) is 18.9 Å². The van der Waals surface area contributed by atoms with Crippen molar-refractivity contribution in [1.82, 2.24) is 10.4 Å². The third-order valence-corrected chi connectivity index (χ3v) is 3.42. The zero-order valence-electron chi connectivity index (χ0n) is 11.9. The van der Waals surface area contributed by atoms with Gasteiger partial charge in [0.2, 0.25) is 5.91 Å². The van der Waals surface area contributed by atoms with Crippen LogP contribution >= 0.6 is 11.3 Å². The number of hydrazone groups is 1. The molecule has 1 heterocycles. The topological polar surface area (TPSA) is 87.4 Å². The summed E-state index contributed by atoms with van der Waals surface area (Å²) in [5.74, 6) is 0.400. The van der Waals surface area contributed by atoms with E-state index in [0.717, 1.165) is 16.3 Å². The van der Waals surface area contributed by atoms with E-state index in [0.29, 0.717) is 5.75 Å². The lowest BCUT2D eigenvalue weighted by atomic mass is 10.2. The predicted octanol–water partition coefficient (Wildman–Crippen LogP) is 2.05. The number of benzene rings is 1. The van der Waals surface area contributed by atoms with Crippen LogP contribution in [0.15, 0.2) is 34.7 Å². The molecular formula is C15H14N4O2S. The number of aryl methyl sites for hydroxylation is 1. The van der Waals surface area contributed by atoms with Gasteiger partial charge in [0.05, 0.1) is 23.3 Å². The van der Waals surface area contributed by atoms with Crippen molar-refractivity contribution in [2.75, 3.05) is 6.61 Å². The van der Waals surface area contributed by atoms with Crippen LogP contribution < -0.4 is 10.2 Å². The van der Waals surface area contributed by atoms with Crippen LogP contribution in [0.2, 0.25) is 0 Å². The van der Waals surface area contributed by atoms with Gasteiger partial charge in [-0.2, -0.15) is 10.4 Å². The Kier molecular flexibility index (Phi) is 5.63. The molecule has 1 aromatic carbocycles. The molecule has 0 aliphatic rings. The van der Waals surface area contributed by atoms with Crippen molar-refractivity contribution in [2.24, 2.45) is 5.10 Å². The van der Waals surface area contributed by atoms with Crippen molar-refractivity contribution in [3.8, 4) is 11.8 Å². The Morgan fingerprint density at radius 3 is 2.91 bits per heavy atom. The highest BCUT2D eigenvalue weighted by atomic mass is 32.1. The van der Waals surface area contributed by atoms with Crippen molar-refractivity contribution in [2.45, 2.75) is 13.3 Å². The molecule has 112 valence electrons. The second-order valence-electron chi connectivity index (χ2n) is 4.34. The number of hydrogen-bond acceptors (Lipinski definition) is 6. The number of nitrogens with one attached hydrogen (secondary N) is 1. The standard InChI is InChI=1S/C15H14N4O2S/c1-11-18-13(10-22-11)8-15(20)19-17-9-12-2-4-14(5-3-12)21-7-6-16/h2-5,9-10H,7-8H2,1H3,(H,19,20)/b17-9-. The first kappa shape index (κ1) is 15.7. The maximum absolute atomic E-state index is 11.7. The van der Waals surface area contributed by atoms with Crippen LogP contribution in [-0.2, 0) is 11.2 Å². The average Bonchev–Trinajstić information content (AvgIpc) is 2.91. The molecule has 0 atom stereocenters. The number of ether oxygens (including phenoxy) is 1. The van der Waals surface area contributed by atoms with Crippen LogP contribution in [0.5, 0.6) is 5.75 Å². The van der Waals surface area contributed by atoms with E-state index in [4.69, 9.17) is 10.00 Å². The number of amides is 1. The summed E-state index contributed by atoms with van der Waals surface area (Å²) in [7, 11) is 0. The van der Waals surface area contributed by atoms with Gasteiger partial charge in [0.15, 0.2) is 6.61 Å². The van der Waals surface area contributed by atoms with Crippen molar-refractivity contribution in [3.05, 3.63) is 45.9 Å². The fourth-order valence-electron chi connectivity index (χ4n) is 1.64. The number of nitriles is 1. The van der Waals surface area contributed by atoms with E-state index in [9.17, 15) is 4.79 Å². The van der Waals surface area contributed by atoms with Gasteiger partial charge in [0, 0.05) is 5.38 Å². The van der Waals surface area contributed by atoms with Gasteiger partial charge >= 0.3 is 0 Å². The molecule has 6 nitrogen and oxygen atoms in total. The Hall–Kier alpha value is -2.72. The Bertz CT molecular complexity index is 701. The minimum atomic E-state index is -0.212. The molecule has 0 saturated carbocycles. The summed E-state index contributed by atoms with van der Waals surface area (Å²) < 4.78 is 5.14. The minimum absolute atomic E-state index is 0.0135. The molecule has 2 aromatic rings. The Balaban J connectivity index is 1.81. The molecular weight excluding hydrogens is 300 g/mol. The molecule has 0 unspecified atom stereocenters. The molecule has 0 spiro atoms. The highest BCUT2D eigenvalue weighted by Gasteiger charge is 2.04. The lowest BCUT2D eigenvalue weighted by molar-refractivity contribution is -0.120. The van der Waals surface area contributed by atoms with Crippen molar-refractivity contribution in [1.29, 1.82) is 5.26 Å². The second kappa shape index (κ2) is 7.90. The zero-order chi connectivity index (χ0) is 15.8. The Morgan fingerprint density at radius 1 is 1.50 bits per heavy atom. The minimum Gasteiger partial charge on any atom is -0.479 e. The van der Waals surface area contributed by atoms with Gasteiger partial charge in [0.1, 0.15) is 11.8 Å². The molecule has 0 radical (unpaired) electrons. The first-order chi connectivity index (χ1) is 10.7. The largest absolute Gasteiger partial charge is 0.479 e. The van der Waals surface area contributed by atoms with Crippen LogP contribution in [-0.4, -0.2) is 23.7 Å². The summed E-state index contributed by atoms with van der Waals surface area (Å²) in [4.78, 5) is 15.9. The number of rotatable bonds is 6. The van der Waals surface area contributed by atoms with Crippen molar-refractivity contribution < 1.29 is 9.53 Å². The first-order valence-corrected chi connectivity index (χ1v) is 7.38. The van der Waals surface area contributed by atoms with Crippen LogP contribution in [0.25, 0.3) is 0 Å². The summed E-state index contributed by atoms with van der Waals surface area (Å²) in [6.07, 6.45) is 1.75. The van der Waals surface area contributed by atoms with Gasteiger partial charge in [-0.1, -0.05) is 0 Å². The molecule has 22 heavy (non-hydrogen) atoms. The fourth-order valence-corrected chi connectivity index (χ4v) is 2.25. The molecule has 1 amide bonds. The van der Waals surface area contributed by atoms with Crippen molar-refractivity contribution >= 4 is 23.5 Å². The Morgan fingerprint density at radius 2 is 2.27 bits per heavy atom. The normalized spacial score (nSPS) is 10.4. The highest BCUT2D eigenvalue weighted by molar-refractivity contribution is 7.09. The molecule has 1 N–H and O–H groups in total. The number of hydrogen-bond donors (Lipinski definition) is 1. The third-order valence-electron chi connectivity index (χ3n) is 2.59. The monoisotopic (exact) mass is 314 g/mol. The van der Waals surface area contributed by atoms with Gasteiger partial charge in [-0.3, -0.25) is 4.79 Å². The number of nitrogens with zero attached hydrogens (tertiary/aromatic N) is 3. The SMILES string of the molecule is Cc1nc(CC(=O)N/N=C\c2ccc(OCC#N)cc2)cs1. The van der Waals surface area contributed by atoms with Gasteiger partial charge < -0.3 is 4.74 Å². The average molecular weight is 314 g/mol. The first-order valence-electron chi connectivity index (χ1n) is 6.50. The molecule has 0 aliphatic carbocycles. The van der Waals surface area contributed by atoms with E-state index < -0.39 is 0 Å². The quantitative estimate of drug-likeness (QED) is 0.653. The van der Waals surface area contributed by atoms with Crippen LogP contribution in [0.1, 0.15) is 16.3 Å². The van der Waals surface area contributed by atoms with Crippen molar-refractivity contribution in [3.63, 3.8) is 0 Å². The van der Waals surface area contributed by atoms with E-state index >= 15 is 0 Å². The number of aromatic nitrogens is 1. The summed E-state index contributed by atoms with van der Waals surface area (Å²) in [5, 5.41) is 15.1. The van der Waals surface area contributed by atoms with Crippen LogP contribution in [0, 0.1) is 18.3 Å². The second-order valence-corrected chi connectivity index (χ2v) is 5.41. The van der Waals surface area contributed by atoms with E-state index in [1.807, 2.05) is 18.4 Å². The summed E-state index contributed by atoms with van der Waals surface area (Å²) in [6.45, 7) is 1.91. The summed E-state index contributed by atoms with van der Waals surface area (Å²) >= 11 is 1.51. The third kappa shape index (κ3) is 5.00.